The third-order valence-corrected chi connectivity index (χ3v) is 13.4. The number of rotatable bonds is 17. The minimum Gasteiger partial charge on any atom is -0.462 e. The van der Waals surface area contributed by atoms with E-state index in [0.29, 0.717) is 45.9 Å². The van der Waals surface area contributed by atoms with E-state index >= 15 is 0 Å². The van der Waals surface area contributed by atoms with Crippen LogP contribution in [0.3, 0.4) is 0 Å². The number of aliphatic imine (C=N–C) groups is 1. The number of aliphatic hydroxyl groups excluding tert-OH is 1. The first-order valence-electron chi connectivity index (χ1n) is 27.9. The molecule has 8 aromatic rings. The number of nitrogens with two attached hydrogens (primary N) is 1. The summed E-state index contributed by atoms with van der Waals surface area (Å²) in [7, 11) is 0. The number of nitrogens with zero attached hydrogens (tertiary/aromatic N) is 12. The molecule has 3 atom stereocenters. The van der Waals surface area contributed by atoms with Crippen molar-refractivity contribution < 1.29 is 150 Å². The van der Waals surface area contributed by atoms with Gasteiger partial charge in [0, 0.05) is 147 Å². The summed E-state index contributed by atoms with van der Waals surface area (Å²) in [4.78, 5) is 77.5. The van der Waals surface area contributed by atoms with Crippen molar-refractivity contribution in [2.45, 2.75) is 106 Å². The van der Waals surface area contributed by atoms with E-state index in [2.05, 4.69) is 70.4 Å². The molecular weight excluding hydrogens is 1680 g/mol. The molecule has 0 saturated heterocycles. The van der Waals surface area contributed by atoms with E-state index in [1.165, 1.54) is 63.3 Å². The number of dihydropyridines is 1. The van der Waals surface area contributed by atoms with E-state index in [9.17, 15) is 68.2 Å². The Hall–Kier alpha value is -6.45. The summed E-state index contributed by atoms with van der Waals surface area (Å²) in [6.45, 7) is 1.94. The van der Waals surface area contributed by atoms with Crippen molar-refractivity contribution >= 4 is 103 Å². The second-order valence-corrected chi connectivity index (χ2v) is 20.9. The number of alkyl halides is 11. The second kappa shape index (κ2) is 41.7. The first-order valence-corrected chi connectivity index (χ1v) is 28.7. The Labute approximate surface area is 609 Å². The smallest absolute Gasteiger partial charge is 0.380 e. The number of carbonyl (C=O) groups is 4. The molecule has 1 aliphatic heterocycles. The van der Waals surface area contributed by atoms with Crippen LogP contribution in [-0.2, 0) is 74.7 Å². The van der Waals surface area contributed by atoms with E-state index in [0.717, 1.165) is 35.9 Å². The van der Waals surface area contributed by atoms with Gasteiger partial charge < -0.3 is 20.3 Å². The quantitative estimate of drug-likeness (QED) is 0.0125. The molecule has 1 fully saturated rings. The third kappa shape index (κ3) is 28.2. The molecular formula is C61H66BrF10N13O7SUVZn. The molecule has 9 heterocycles. The molecule has 10 rings (SSSR count). The van der Waals surface area contributed by atoms with Crippen molar-refractivity contribution in [1.29, 1.82) is 0 Å². The number of ether oxygens (including phenoxy) is 2. The summed E-state index contributed by atoms with van der Waals surface area (Å²) < 4.78 is 139. The average Bonchev–Trinajstić information content (AvgIpc) is 0.841. The number of esters is 2. The number of aliphatic hydroxyl groups is 1. The van der Waals surface area contributed by atoms with Gasteiger partial charge in [-0.1, -0.05) is 24.0 Å². The number of aromatic nitrogens is 8. The first kappa shape index (κ1) is 87.6. The predicted octanol–water partition coefficient (Wildman–Crippen LogP) is 13.5. The number of hydrogen-bond acceptors (Lipinski definition) is 18. The SMILES string of the molecule is CC(=O)C(F)(F)Br.CCOC(=O)C(F)(F)C(O)c1ccc2cccnc2n1.CCOC(=O)C(F)(F)Cc1ccc2cccnc2n1.NCC(F)(F)CC1=NC2CCCCC2C=C1.O=Cc1ccc2cccnc2n1.S.[3HH].[HH].[N-]=[N+]=NCC(F)(F)Cc1ccc2cccnc2n1.[U].[V].[Zn]. The van der Waals surface area contributed by atoms with Crippen molar-refractivity contribution in [3.8, 4) is 0 Å². The molecule has 20 nitrogen and oxygen atoms in total. The predicted molar refractivity (Wildman–Crippen MR) is 338 cm³/mol. The van der Waals surface area contributed by atoms with Crippen molar-refractivity contribution in [2.24, 2.45) is 21.8 Å². The molecule has 2 aliphatic rings. The van der Waals surface area contributed by atoms with Gasteiger partial charge in [0.15, 0.2) is 35.0 Å². The van der Waals surface area contributed by atoms with Gasteiger partial charge in [0.05, 0.1) is 57.3 Å². The second-order valence-electron chi connectivity index (χ2n) is 20.0. The summed E-state index contributed by atoms with van der Waals surface area (Å²) in [5.74, 6) is -17.6. The number of pyridine rings is 8. The number of aldehydes is 1. The standard InChI is InChI=1S/C13H12F2N2O3.C13H12F2N2O2.C12H18F2N2.C11H9F2N5.C9H6N2O.C3H3BrF2O.H2S.U.V.Zn.2H2/c1-2-20-12(19)13(14,15)10(18)9-6-5-8-4-3-7-16-11(8)17-9;1-2-19-12(18)13(14,15)8-10-6-5-9-4-3-7-16-11(9)17-10;13-12(14,8-15)7-10-6-5-9-3-1-2-4-11(9)16-10;12-11(13,7-16-18-14)6-9-4-3-8-2-1-5-15-10(8)17-9;12-6-8-4-3-7-2-1-5-10-9(7)11-8;1-2(7)3(4,5)6;;;;;;/h3-7,10,18H,2H2,1H3;3-7H,2,8H2,1H3;5-6,9,11H,1-4,7-8,15H2;1-5H,6-7H2;1-6H;1H3;1H2;;;;2*1H/i;;;;;;;;;;1+2;. The maximum Gasteiger partial charge on any atom is 0.380 e. The van der Waals surface area contributed by atoms with Crippen LogP contribution >= 0.6 is 29.4 Å². The van der Waals surface area contributed by atoms with Gasteiger partial charge in [0.1, 0.15) is 5.69 Å². The molecule has 8 aromatic heterocycles. The fourth-order valence-corrected chi connectivity index (χ4v) is 8.31. The van der Waals surface area contributed by atoms with Crippen LogP contribution < -0.4 is 5.73 Å². The molecule has 1 saturated carbocycles. The molecule has 0 amide bonds. The molecule has 0 bridgehead atoms. The number of azide groups is 1. The molecule has 3 unspecified atom stereocenters. The van der Waals surface area contributed by atoms with Crippen molar-refractivity contribution in [3.63, 3.8) is 0 Å². The fourth-order valence-electron chi connectivity index (χ4n) is 8.31. The van der Waals surface area contributed by atoms with Gasteiger partial charge in [0.2, 0.25) is 5.78 Å². The maximum atomic E-state index is 13.7. The largest absolute Gasteiger partial charge is 0.462 e. The van der Waals surface area contributed by atoms with Gasteiger partial charge in [-0.25, -0.2) is 67.0 Å². The van der Waals surface area contributed by atoms with Crippen LogP contribution in [0.2, 0.25) is 0 Å². The number of hydrogen-bond donors (Lipinski definition) is 2. The summed E-state index contributed by atoms with van der Waals surface area (Å²) >= 11 is 1.86. The van der Waals surface area contributed by atoms with E-state index in [1.807, 2.05) is 34.1 Å². The third-order valence-electron chi connectivity index (χ3n) is 12.9. The maximum absolute atomic E-state index is 13.7. The normalized spacial score (nSPS) is 14.2. The number of Topliss-reactive ketones (excluding diaryl/α,β-unsaturated/α-hetero) is 1. The zero-order chi connectivity index (χ0) is 67.7. The van der Waals surface area contributed by atoms with E-state index < -0.39 is 78.3 Å². The van der Waals surface area contributed by atoms with Crippen LogP contribution in [0.4, 0.5) is 43.9 Å². The van der Waals surface area contributed by atoms with Crippen molar-refractivity contribution in [2.75, 3.05) is 26.3 Å². The Morgan fingerprint density at radius 2 is 1.16 bits per heavy atom. The van der Waals surface area contributed by atoms with Gasteiger partial charge in [-0.2, -0.15) is 39.8 Å². The molecule has 1 aliphatic carbocycles. The fraction of sp³-hybridized carbons (Fsp3) is 0.361. The Bertz CT molecular complexity index is 3950. The Morgan fingerprint density at radius 1 is 0.708 bits per heavy atom. The number of carbonyl (C=O) groups excluding carboxylic acids is 4. The van der Waals surface area contributed by atoms with Gasteiger partial charge >= 0.3 is 28.6 Å². The minimum absolute atomic E-state index is 0. The van der Waals surface area contributed by atoms with Crippen LogP contribution in [0.25, 0.3) is 54.6 Å². The molecule has 96 heavy (non-hydrogen) atoms. The van der Waals surface area contributed by atoms with Crippen molar-refractivity contribution in [3.05, 3.63) is 167 Å². The Kier molecular flexibility index (Phi) is 38.1. The summed E-state index contributed by atoms with van der Waals surface area (Å²) in [5.41, 5.74) is 15.6. The molecule has 0 spiro atoms. The monoisotopic (exact) mass is 1750 g/mol. The van der Waals surface area contributed by atoms with Crippen molar-refractivity contribution in [1.82, 2.24) is 39.9 Å². The number of allylic oxidation sites excluding steroid dienone is 1. The number of fused-ring (bicyclic) bond motifs is 5. The number of halogens is 11. The molecule has 511 valence electrons. The van der Waals surface area contributed by atoms with Crippen LogP contribution in [0.5, 0.6) is 0 Å². The van der Waals surface area contributed by atoms with Crippen LogP contribution in [-0.4, -0.2) is 136 Å². The average molecular weight is 1750 g/mol. The molecule has 35 heteroatoms. The zero-order valence-corrected chi connectivity index (χ0v) is 62.6. The van der Waals surface area contributed by atoms with Crippen LogP contribution in [0.15, 0.2) is 144 Å². The molecule has 3 N–H and O–H groups in total. The molecule has 1 radical (unpaired) electrons. The summed E-state index contributed by atoms with van der Waals surface area (Å²) in [5, 5.41) is 15.7. The van der Waals surface area contributed by atoms with E-state index in [1.54, 1.807) is 73.1 Å². The first-order chi connectivity index (χ1) is 43.5. The van der Waals surface area contributed by atoms with Gasteiger partial charge in [-0.05, 0) is 157 Å². The summed E-state index contributed by atoms with van der Waals surface area (Å²) in [6, 6.07) is 27.0. The van der Waals surface area contributed by atoms with Gasteiger partial charge in [-0.15, -0.1) is 0 Å². The topological polar surface area (TPSA) is 297 Å². The van der Waals surface area contributed by atoms with Gasteiger partial charge in [-0.3, -0.25) is 14.6 Å². The zero-order valence-electron chi connectivity index (χ0n) is 51.4. The number of ketones is 1. The van der Waals surface area contributed by atoms with Crippen LogP contribution in [0.1, 0.15) is 89.4 Å². The van der Waals surface area contributed by atoms with Gasteiger partial charge in [0.25, 0.3) is 11.8 Å². The molecule has 0 aromatic carbocycles. The van der Waals surface area contributed by atoms with E-state index in [4.69, 9.17) is 11.3 Å². The van der Waals surface area contributed by atoms with Crippen LogP contribution in [0, 0.1) is 37.0 Å². The summed E-state index contributed by atoms with van der Waals surface area (Å²) in [6.07, 6.45) is 11.2. The Morgan fingerprint density at radius 3 is 1.62 bits per heavy atom. The Balaban J connectivity index is 0. The minimum atomic E-state index is -4.06. The van der Waals surface area contributed by atoms with E-state index in [-0.39, 0.29) is 134 Å².